The van der Waals surface area contributed by atoms with Crippen LogP contribution in [0.5, 0.6) is 0 Å². The van der Waals surface area contributed by atoms with Crippen LogP contribution in [-0.4, -0.2) is 5.24 Å². The summed E-state index contributed by atoms with van der Waals surface area (Å²) in [5, 5.41) is -0.344. The molecule has 0 heterocycles. The van der Waals surface area contributed by atoms with E-state index >= 15 is 0 Å². The Morgan fingerprint density at radius 3 is 2.75 bits per heavy atom. The van der Waals surface area contributed by atoms with Crippen LogP contribution in [0.3, 0.4) is 0 Å². The van der Waals surface area contributed by atoms with Gasteiger partial charge in [-0.3, -0.25) is 4.79 Å². The van der Waals surface area contributed by atoms with Crippen LogP contribution >= 0.6 is 11.6 Å². The zero-order valence-electron chi connectivity index (χ0n) is 4.43. The third-order valence-electron chi connectivity index (χ3n) is 0.551. The van der Waals surface area contributed by atoms with E-state index in [2.05, 4.69) is 6.58 Å². The Labute approximate surface area is 53.6 Å². The molecule has 0 aliphatic carbocycles. The predicted molar refractivity (Wildman–Crippen MR) is 34.8 cm³/mol. The fraction of sp³-hybridized carbons (Fsp3) is 0.167. The highest BCUT2D eigenvalue weighted by Crippen LogP contribution is 1.88. The zero-order valence-corrected chi connectivity index (χ0v) is 5.19. The van der Waals surface area contributed by atoms with E-state index in [9.17, 15) is 4.79 Å². The monoisotopic (exact) mass is 130 g/mol. The summed E-state index contributed by atoms with van der Waals surface area (Å²) in [7, 11) is 0. The van der Waals surface area contributed by atoms with Crippen LogP contribution in [0.1, 0.15) is 6.42 Å². The molecule has 0 rings (SSSR count). The van der Waals surface area contributed by atoms with Crippen molar-refractivity contribution in [1.82, 2.24) is 0 Å². The van der Waals surface area contributed by atoms with Crippen LogP contribution in [0.15, 0.2) is 24.8 Å². The fourth-order valence-electron chi connectivity index (χ4n) is 0.257. The minimum atomic E-state index is -0.344. The lowest BCUT2D eigenvalue weighted by Crippen LogP contribution is -1.77. The van der Waals surface area contributed by atoms with E-state index in [1.165, 1.54) is 0 Å². The molecule has 0 saturated heterocycles. The highest BCUT2D eigenvalue weighted by molar-refractivity contribution is 6.63. The highest BCUT2D eigenvalue weighted by atomic mass is 35.5. The topological polar surface area (TPSA) is 17.1 Å². The number of halogens is 1. The number of carbonyl (C=O) groups is 1. The molecule has 1 nitrogen and oxygen atoms in total. The van der Waals surface area contributed by atoms with Crippen molar-refractivity contribution in [1.29, 1.82) is 0 Å². The first kappa shape index (κ1) is 7.44. The lowest BCUT2D eigenvalue weighted by atomic mass is 10.4. The van der Waals surface area contributed by atoms with Crippen molar-refractivity contribution < 1.29 is 4.79 Å². The predicted octanol–water partition coefficient (Wildman–Crippen LogP) is 1.88. The molecule has 0 N–H and O–H groups in total. The molecule has 0 spiro atoms. The molecular formula is C6H7ClO. The van der Waals surface area contributed by atoms with Gasteiger partial charge in [0, 0.05) is 6.42 Å². The van der Waals surface area contributed by atoms with E-state index in [4.69, 9.17) is 11.6 Å². The minimum Gasteiger partial charge on any atom is -0.281 e. The lowest BCUT2D eigenvalue weighted by molar-refractivity contribution is -0.110. The van der Waals surface area contributed by atoms with Gasteiger partial charge in [0.1, 0.15) is 0 Å². The Hall–Kier alpha value is -0.560. The molecule has 0 fully saturated rings. The van der Waals surface area contributed by atoms with E-state index in [-0.39, 0.29) is 11.7 Å². The molecular weight excluding hydrogens is 124 g/mol. The quantitative estimate of drug-likeness (QED) is 0.421. The van der Waals surface area contributed by atoms with Crippen LogP contribution in [0.25, 0.3) is 0 Å². The van der Waals surface area contributed by atoms with E-state index in [0.717, 1.165) is 0 Å². The van der Waals surface area contributed by atoms with Crippen molar-refractivity contribution in [2.75, 3.05) is 0 Å². The van der Waals surface area contributed by atoms with Crippen molar-refractivity contribution in [3.8, 4) is 0 Å². The van der Waals surface area contributed by atoms with Gasteiger partial charge >= 0.3 is 0 Å². The average molecular weight is 131 g/mol. The Bertz CT molecular complexity index is 116. The summed E-state index contributed by atoms with van der Waals surface area (Å²) in [5.41, 5.74) is 0. The number of carbonyl (C=O) groups excluding carboxylic acids is 1. The summed E-state index contributed by atoms with van der Waals surface area (Å²) in [6.45, 7) is 3.42. The van der Waals surface area contributed by atoms with E-state index in [1.54, 1.807) is 18.2 Å². The largest absolute Gasteiger partial charge is 0.281 e. The molecule has 2 heteroatoms. The summed E-state index contributed by atoms with van der Waals surface area (Å²) in [4.78, 5) is 10.00. The van der Waals surface area contributed by atoms with Gasteiger partial charge in [-0.25, -0.2) is 0 Å². The SMILES string of the molecule is C=CC=CCC(=O)Cl. The first-order chi connectivity index (χ1) is 3.77. The molecule has 0 aliphatic heterocycles. The van der Waals surface area contributed by atoms with E-state index in [0.29, 0.717) is 0 Å². The van der Waals surface area contributed by atoms with Gasteiger partial charge in [-0.15, -0.1) is 0 Å². The summed E-state index contributed by atoms with van der Waals surface area (Å²) in [5.74, 6) is 0. The van der Waals surface area contributed by atoms with Gasteiger partial charge in [-0.05, 0) is 11.6 Å². The van der Waals surface area contributed by atoms with Crippen LogP contribution in [0, 0.1) is 0 Å². The fourth-order valence-corrected chi connectivity index (χ4v) is 0.346. The maximum Gasteiger partial charge on any atom is 0.225 e. The van der Waals surface area contributed by atoms with Crippen molar-refractivity contribution >= 4 is 16.8 Å². The molecule has 0 radical (unpaired) electrons. The molecule has 0 aromatic carbocycles. The van der Waals surface area contributed by atoms with Gasteiger partial charge < -0.3 is 0 Å². The van der Waals surface area contributed by atoms with E-state index in [1.807, 2.05) is 0 Å². The number of allylic oxidation sites excluding steroid dienone is 3. The van der Waals surface area contributed by atoms with Crippen LogP contribution < -0.4 is 0 Å². The van der Waals surface area contributed by atoms with Gasteiger partial charge in [0.25, 0.3) is 0 Å². The third-order valence-corrected chi connectivity index (χ3v) is 0.705. The Morgan fingerprint density at radius 1 is 1.75 bits per heavy atom. The van der Waals surface area contributed by atoms with Crippen molar-refractivity contribution in [2.24, 2.45) is 0 Å². The van der Waals surface area contributed by atoms with Gasteiger partial charge in [0.15, 0.2) is 0 Å². The molecule has 44 valence electrons. The van der Waals surface area contributed by atoms with Crippen molar-refractivity contribution in [3.05, 3.63) is 24.8 Å². The first-order valence-electron chi connectivity index (χ1n) is 2.23. The summed E-state index contributed by atoms with van der Waals surface area (Å²) in [6.07, 6.45) is 5.22. The third kappa shape index (κ3) is 5.44. The lowest BCUT2D eigenvalue weighted by Gasteiger charge is -1.76. The Morgan fingerprint density at radius 2 is 2.38 bits per heavy atom. The maximum absolute atomic E-state index is 10.00. The van der Waals surface area contributed by atoms with Gasteiger partial charge in [-0.1, -0.05) is 24.8 Å². The van der Waals surface area contributed by atoms with E-state index < -0.39 is 0 Å². The average Bonchev–Trinajstić information content (AvgIpc) is 1.66. The minimum absolute atomic E-state index is 0.285. The molecule has 0 amide bonds. The molecule has 0 aromatic heterocycles. The number of hydrogen-bond acceptors (Lipinski definition) is 1. The first-order valence-corrected chi connectivity index (χ1v) is 2.61. The molecule has 0 unspecified atom stereocenters. The molecule has 8 heavy (non-hydrogen) atoms. The van der Waals surface area contributed by atoms with Crippen molar-refractivity contribution in [3.63, 3.8) is 0 Å². The van der Waals surface area contributed by atoms with Crippen LogP contribution in [0.4, 0.5) is 0 Å². The Kier molecular flexibility index (Phi) is 4.27. The second kappa shape index (κ2) is 4.60. The normalized spacial score (nSPS) is 9.62. The van der Waals surface area contributed by atoms with Crippen LogP contribution in [0.2, 0.25) is 0 Å². The van der Waals surface area contributed by atoms with Gasteiger partial charge in [-0.2, -0.15) is 0 Å². The summed E-state index contributed by atoms with van der Waals surface area (Å²) >= 11 is 4.99. The molecule has 0 bridgehead atoms. The maximum atomic E-state index is 10.00. The number of hydrogen-bond donors (Lipinski definition) is 0. The van der Waals surface area contributed by atoms with Crippen molar-refractivity contribution in [2.45, 2.75) is 6.42 Å². The standard InChI is InChI=1S/C6H7ClO/c1-2-3-4-5-6(7)8/h2-4H,1,5H2. The van der Waals surface area contributed by atoms with Gasteiger partial charge in [0.05, 0.1) is 0 Å². The molecule has 0 atom stereocenters. The molecule has 0 saturated carbocycles. The molecule has 0 aromatic rings. The summed E-state index contributed by atoms with van der Waals surface area (Å²) < 4.78 is 0. The second-order valence-electron chi connectivity index (χ2n) is 1.22. The number of rotatable bonds is 3. The molecule has 0 aliphatic rings. The second-order valence-corrected chi connectivity index (χ2v) is 1.64. The summed E-state index contributed by atoms with van der Waals surface area (Å²) in [6, 6.07) is 0. The zero-order chi connectivity index (χ0) is 6.41. The van der Waals surface area contributed by atoms with Gasteiger partial charge in [0.2, 0.25) is 5.24 Å². The Balaban J connectivity index is 3.29. The smallest absolute Gasteiger partial charge is 0.225 e. The highest BCUT2D eigenvalue weighted by Gasteiger charge is 1.85. The van der Waals surface area contributed by atoms with Crippen LogP contribution in [-0.2, 0) is 4.79 Å².